The second-order valence-electron chi connectivity index (χ2n) is 10.6. The first kappa shape index (κ1) is 25.9. The van der Waals surface area contributed by atoms with Crippen molar-refractivity contribution >= 4 is 23.9 Å². The number of rotatable bonds is 5. The maximum absolute atomic E-state index is 13.5. The van der Waals surface area contributed by atoms with E-state index in [1.165, 1.54) is 4.90 Å². The van der Waals surface area contributed by atoms with E-state index in [0.717, 1.165) is 12.0 Å². The van der Waals surface area contributed by atoms with Gasteiger partial charge in [0.05, 0.1) is 25.3 Å². The Morgan fingerprint density at radius 3 is 2.84 bits per heavy atom. The number of benzene rings is 1. The third-order valence-corrected chi connectivity index (χ3v) is 7.88. The highest BCUT2D eigenvalue weighted by Gasteiger charge is 2.76. The van der Waals surface area contributed by atoms with Gasteiger partial charge in [-0.15, -0.1) is 0 Å². The molecule has 4 aliphatic heterocycles. The summed E-state index contributed by atoms with van der Waals surface area (Å²) in [5.74, 6) is -2.55. The minimum absolute atomic E-state index is 0.00712. The van der Waals surface area contributed by atoms with Crippen LogP contribution in [0, 0.1) is 0 Å². The first-order valence-electron chi connectivity index (χ1n) is 12.6. The van der Waals surface area contributed by atoms with Gasteiger partial charge >= 0.3 is 12.1 Å². The summed E-state index contributed by atoms with van der Waals surface area (Å²) in [6, 6.07) is 2.59. The van der Waals surface area contributed by atoms with Gasteiger partial charge in [0.2, 0.25) is 5.79 Å². The molecule has 0 saturated carbocycles. The number of alkyl carbamates (subject to hydrolysis) is 1. The van der Waals surface area contributed by atoms with Crippen LogP contribution in [0.2, 0.25) is 0 Å². The number of hydrogen-bond acceptors (Lipinski definition) is 11. The molecular weight excluding hydrogens is 496 g/mol. The molecule has 4 aliphatic rings. The lowest BCUT2D eigenvalue weighted by molar-refractivity contribution is -0.521. The van der Waals surface area contributed by atoms with Gasteiger partial charge in [-0.25, -0.2) is 15.1 Å². The van der Waals surface area contributed by atoms with Gasteiger partial charge in [0.1, 0.15) is 17.8 Å². The molecule has 1 aromatic carbocycles. The molecule has 1 spiro atoms. The smallest absolute Gasteiger partial charge is 0.407 e. The molecule has 5 rings (SSSR count). The molecule has 10 N–H and O–H groups in total. The zero-order valence-electron chi connectivity index (χ0n) is 21.6. The first-order chi connectivity index (χ1) is 17.9. The summed E-state index contributed by atoms with van der Waals surface area (Å²) in [5, 5.41) is 31.5. The van der Waals surface area contributed by atoms with Crippen molar-refractivity contribution in [3.8, 4) is 5.75 Å². The van der Waals surface area contributed by atoms with Gasteiger partial charge in [-0.05, 0) is 24.8 Å². The number of guanidine groups is 2. The number of aliphatic hydroxyl groups is 2. The molecule has 0 radical (unpaired) electrons. The van der Waals surface area contributed by atoms with E-state index in [0.29, 0.717) is 17.9 Å². The third-order valence-electron chi connectivity index (χ3n) is 7.88. The molecule has 4 atom stereocenters. The van der Waals surface area contributed by atoms with E-state index in [9.17, 15) is 19.8 Å². The van der Waals surface area contributed by atoms with E-state index >= 15 is 0 Å². The molecule has 0 bridgehead atoms. The third kappa shape index (κ3) is 3.77. The van der Waals surface area contributed by atoms with Crippen LogP contribution < -0.4 is 37.1 Å². The quantitative estimate of drug-likeness (QED) is 0.175. The van der Waals surface area contributed by atoms with Gasteiger partial charge in [0.25, 0.3) is 11.6 Å². The maximum Gasteiger partial charge on any atom is 0.407 e. The van der Waals surface area contributed by atoms with E-state index in [1.807, 2.05) is 6.07 Å². The topological polar surface area (TPSA) is 211 Å². The summed E-state index contributed by atoms with van der Waals surface area (Å²) in [6.07, 6.45) is 0.165. The molecule has 1 saturated heterocycles. The van der Waals surface area contributed by atoms with Crippen LogP contribution in [-0.4, -0.2) is 94.9 Å². The second-order valence-corrected chi connectivity index (χ2v) is 10.6. The van der Waals surface area contributed by atoms with Crippen molar-refractivity contribution in [2.24, 2.45) is 16.5 Å². The molecule has 1 fully saturated rings. The average molecular weight is 532 g/mol. The standard InChI is InChI=1S/C24H34N8O6/c1-4-37-21(34)27-10-14-17-23(31-19(25)30-17)24(35,36)15(11-32(23)20(26)28-14)29-18(33)12-6-5-7-13-16(12)38-9-8-22(13,2)3/h5-7,14-15,17,35-36H,4,8-11H2,1-3H3,(H2,26,28)(H,27,34)(H,29,33)(H3,25,30,31)/p+1/t14-,15?,17-,23?/m0/s1. The molecule has 206 valence electrons. The summed E-state index contributed by atoms with van der Waals surface area (Å²) in [6.45, 7) is 6.42. The summed E-state index contributed by atoms with van der Waals surface area (Å²) in [4.78, 5) is 34.3. The molecule has 0 aliphatic carbocycles. The Balaban J connectivity index is 1.43. The van der Waals surface area contributed by atoms with Gasteiger partial charge in [-0.2, -0.15) is 0 Å². The summed E-state index contributed by atoms with van der Waals surface area (Å²) < 4.78 is 10.8. The Kier molecular flexibility index (Phi) is 6.06. The fourth-order valence-electron chi connectivity index (χ4n) is 5.89. The number of ether oxygens (including phenoxy) is 2. The summed E-state index contributed by atoms with van der Waals surface area (Å²) >= 11 is 0. The Hall–Kier alpha value is -3.78. The Bertz CT molecular complexity index is 1220. The van der Waals surface area contributed by atoms with Crippen LogP contribution in [0.15, 0.2) is 23.2 Å². The highest BCUT2D eigenvalue weighted by Crippen LogP contribution is 2.42. The van der Waals surface area contributed by atoms with Crippen LogP contribution in [0.25, 0.3) is 0 Å². The number of fused-ring (bicyclic) bond motifs is 1. The van der Waals surface area contributed by atoms with Crippen LogP contribution in [0.4, 0.5) is 4.79 Å². The Morgan fingerprint density at radius 1 is 1.34 bits per heavy atom. The van der Waals surface area contributed by atoms with Gasteiger partial charge in [0.15, 0.2) is 12.0 Å². The van der Waals surface area contributed by atoms with Crippen molar-refractivity contribution in [3.63, 3.8) is 0 Å². The number of carbonyl (C=O) groups is 2. The average Bonchev–Trinajstić information content (AvgIpc) is 3.32. The highest BCUT2D eigenvalue weighted by molar-refractivity contribution is 5.98. The Labute approximate surface area is 219 Å². The van der Waals surface area contributed by atoms with Crippen LogP contribution in [-0.2, 0) is 10.2 Å². The molecule has 14 nitrogen and oxygen atoms in total. The lowest BCUT2D eigenvalue weighted by Crippen LogP contribution is -2.90. The van der Waals surface area contributed by atoms with Gasteiger partial charge < -0.3 is 36.1 Å². The monoisotopic (exact) mass is 531 g/mol. The van der Waals surface area contributed by atoms with Gasteiger partial charge in [-0.3, -0.25) is 20.4 Å². The molecule has 4 heterocycles. The molecule has 2 amide bonds. The number of nitrogens with one attached hydrogen (secondary N) is 4. The van der Waals surface area contributed by atoms with E-state index in [1.54, 1.807) is 19.1 Å². The van der Waals surface area contributed by atoms with Crippen LogP contribution in [0.3, 0.4) is 0 Å². The number of nitrogens with two attached hydrogens (primary N) is 2. The van der Waals surface area contributed by atoms with Crippen molar-refractivity contribution in [3.05, 3.63) is 29.3 Å². The number of carbonyl (C=O) groups excluding carboxylic acids is 2. The van der Waals surface area contributed by atoms with Crippen molar-refractivity contribution in [1.29, 1.82) is 0 Å². The normalized spacial score (nSPS) is 29.9. The second kappa shape index (κ2) is 8.91. The molecule has 38 heavy (non-hydrogen) atoms. The van der Waals surface area contributed by atoms with Crippen LogP contribution in [0.1, 0.15) is 43.1 Å². The maximum atomic E-state index is 13.5. The lowest BCUT2D eigenvalue weighted by atomic mass is 9.79. The fourth-order valence-corrected chi connectivity index (χ4v) is 5.89. The lowest BCUT2D eigenvalue weighted by Gasteiger charge is -2.46. The number of para-hydroxylation sites is 1. The largest absolute Gasteiger partial charge is 0.492 e. The fraction of sp³-hybridized carbons (Fsp3) is 0.583. The van der Waals surface area contributed by atoms with E-state index in [2.05, 4.69) is 39.8 Å². The number of aliphatic imine (C=N–C) groups is 1. The summed E-state index contributed by atoms with van der Waals surface area (Å²) in [7, 11) is 0. The van der Waals surface area contributed by atoms with Crippen molar-refractivity contribution in [2.75, 3.05) is 26.3 Å². The van der Waals surface area contributed by atoms with Crippen LogP contribution >= 0.6 is 0 Å². The van der Waals surface area contributed by atoms with E-state index in [-0.39, 0.29) is 37.0 Å². The Morgan fingerprint density at radius 2 is 2.11 bits per heavy atom. The number of hydrogen-bond donors (Lipinski definition) is 8. The zero-order valence-corrected chi connectivity index (χ0v) is 21.6. The van der Waals surface area contributed by atoms with Crippen molar-refractivity contribution in [2.45, 2.75) is 62.2 Å². The minimum Gasteiger partial charge on any atom is -0.492 e. The molecular formula is C24H35N8O6+. The molecule has 14 heteroatoms. The first-order valence-corrected chi connectivity index (χ1v) is 12.6. The number of amides is 2. The minimum atomic E-state index is -2.57. The number of nitrogens with zero attached hydrogens (tertiary/aromatic N) is 2. The predicted molar refractivity (Wildman–Crippen MR) is 135 cm³/mol. The summed E-state index contributed by atoms with van der Waals surface area (Å²) in [5.41, 5.74) is 11.7. The van der Waals surface area contributed by atoms with Gasteiger partial charge in [0, 0.05) is 12.1 Å². The van der Waals surface area contributed by atoms with Gasteiger partial charge in [-0.1, -0.05) is 26.0 Å². The van der Waals surface area contributed by atoms with Crippen molar-refractivity contribution < 1.29 is 34.3 Å². The van der Waals surface area contributed by atoms with Crippen LogP contribution in [0.5, 0.6) is 5.75 Å². The predicted octanol–water partition coefficient (Wildman–Crippen LogP) is -3.65. The molecule has 2 unspecified atom stereocenters. The van der Waals surface area contributed by atoms with Crippen molar-refractivity contribution in [1.82, 2.24) is 20.9 Å². The highest BCUT2D eigenvalue weighted by atomic mass is 16.5. The zero-order chi connectivity index (χ0) is 27.5. The SMILES string of the molecule is CCOC(=O)NC[C@@H]1N=C(N)N2CC(NC(=O)c3cccc4c3OCCC4(C)C)C(O)(O)C23NC(N)=[NH+][C@@H]13. The van der Waals surface area contributed by atoms with E-state index in [4.69, 9.17) is 20.9 Å². The van der Waals surface area contributed by atoms with E-state index < -0.39 is 41.6 Å². The molecule has 1 aromatic rings. The molecule has 0 aromatic heterocycles.